The van der Waals surface area contributed by atoms with Crippen LogP contribution < -0.4 is 5.32 Å². The number of ether oxygens (including phenoxy) is 2. The predicted octanol–water partition coefficient (Wildman–Crippen LogP) is 4.53. The third kappa shape index (κ3) is 10.8. The van der Waals surface area contributed by atoms with Crippen LogP contribution in [0.5, 0.6) is 0 Å². The Morgan fingerprint density at radius 3 is 2.15 bits per heavy atom. The first-order chi connectivity index (χ1) is 18.6. The van der Waals surface area contributed by atoms with Crippen LogP contribution in [0.1, 0.15) is 22.3 Å². The maximum atomic E-state index is 12.6. The summed E-state index contributed by atoms with van der Waals surface area (Å²) in [6.07, 6.45) is -1.09. The van der Waals surface area contributed by atoms with Gasteiger partial charge in [0.05, 0.1) is 22.1 Å². The van der Waals surface area contributed by atoms with Crippen molar-refractivity contribution in [2.75, 3.05) is 12.9 Å². The predicted molar refractivity (Wildman–Crippen MR) is 144 cm³/mol. The van der Waals surface area contributed by atoms with Crippen LogP contribution in [0.3, 0.4) is 0 Å². The number of non-ortho nitro benzene ring substituents is 1. The Morgan fingerprint density at radius 2 is 1.56 bits per heavy atom. The van der Waals surface area contributed by atoms with Gasteiger partial charge in [0.15, 0.2) is 0 Å². The van der Waals surface area contributed by atoms with Crippen molar-refractivity contribution < 1.29 is 36.6 Å². The molecule has 0 bridgehead atoms. The summed E-state index contributed by atoms with van der Waals surface area (Å²) in [5, 5.41) is 12.8. The lowest BCUT2D eigenvalue weighted by molar-refractivity contribution is -0.384. The number of nitrogens with one attached hydrogen (secondary N) is 1. The number of carbonyl (C=O) groups is 2. The van der Waals surface area contributed by atoms with Crippen LogP contribution in [-0.2, 0) is 30.4 Å². The number of carbonyl (C=O) groups excluding carboxylic acids is 2. The standard InChI is InChI=1S/C26H26N2O9S2/c1-39(33,34)37-22(18-35-25(29)20-12-14-21(15-13-20)28(31)32)16-24(38-23-10-6-3-7-11-23)27-26(30)36-17-19-8-4-2-5-9-19/h2-15,22,24H,16-18H2,1H3,(H,27,30). The van der Waals surface area contributed by atoms with E-state index in [-0.39, 0.29) is 24.3 Å². The Hall–Kier alpha value is -3.94. The lowest BCUT2D eigenvalue weighted by Crippen LogP contribution is -2.38. The molecule has 0 aliphatic heterocycles. The summed E-state index contributed by atoms with van der Waals surface area (Å²) in [4.78, 5) is 36.1. The van der Waals surface area contributed by atoms with Crippen LogP contribution in [0.25, 0.3) is 0 Å². The molecule has 0 spiro atoms. The average molecular weight is 575 g/mol. The third-order valence-electron chi connectivity index (χ3n) is 5.02. The number of amides is 1. The quantitative estimate of drug-likeness (QED) is 0.0770. The second-order valence-electron chi connectivity index (χ2n) is 8.19. The molecule has 0 fully saturated rings. The summed E-state index contributed by atoms with van der Waals surface area (Å²) in [6.45, 7) is -0.430. The first-order valence-electron chi connectivity index (χ1n) is 11.6. The Balaban J connectivity index is 1.69. The van der Waals surface area contributed by atoms with Crippen LogP contribution in [0.15, 0.2) is 89.8 Å². The van der Waals surface area contributed by atoms with Crippen molar-refractivity contribution >= 4 is 39.6 Å². The highest BCUT2D eigenvalue weighted by molar-refractivity contribution is 8.00. The topological polar surface area (TPSA) is 151 Å². The van der Waals surface area contributed by atoms with Crippen molar-refractivity contribution in [3.05, 3.63) is 106 Å². The molecule has 0 aliphatic carbocycles. The number of hydrogen-bond acceptors (Lipinski definition) is 10. The second kappa shape index (κ2) is 14.3. The molecule has 11 nitrogen and oxygen atoms in total. The van der Waals surface area contributed by atoms with E-state index in [1.54, 1.807) is 12.1 Å². The van der Waals surface area contributed by atoms with E-state index >= 15 is 0 Å². The number of alkyl carbamates (subject to hydrolysis) is 1. The maximum absolute atomic E-state index is 12.6. The summed E-state index contributed by atoms with van der Waals surface area (Å²) in [5.74, 6) is -0.825. The van der Waals surface area contributed by atoms with Gasteiger partial charge in [-0.05, 0) is 29.8 Å². The molecule has 3 rings (SSSR count). The fraction of sp³-hybridized carbons (Fsp3) is 0.231. The van der Waals surface area contributed by atoms with Crippen LogP contribution in [0, 0.1) is 10.1 Å². The molecule has 0 radical (unpaired) electrons. The molecule has 206 valence electrons. The zero-order valence-electron chi connectivity index (χ0n) is 20.8. The maximum Gasteiger partial charge on any atom is 0.408 e. The highest BCUT2D eigenvalue weighted by Crippen LogP contribution is 2.26. The van der Waals surface area contributed by atoms with Gasteiger partial charge < -0.3 is 14.8 Å². The second-order valence-corrected chi connectivity index (χ2v) is 11.1. The lowest BCUT2D eigenvalue weighted by atomic mass is 10.2. The average Bonchev–Trinajstić information content (AvgIpc) is 2.90. The molecule has 1 amide bonds. The van der Waals surface area contributed by atoms with Crippen molar-refractivity contribution in [3.8, 4) is 0 Å². The van der Waals surface area contributed by atoms with E-state index in [1.165, 1.54) is 23.9 Å². The van der Waals surface area contributed by atoms with Crippen molar-refractivity contribution in [1.82, 2.24) is 5.32 Å². The molecule has 0 aromatic heterocycles. The summed E-state index contributed by atoms with van der Waals surface area (Å²) >= 11 is 1.24. The minimum atomic E-state index is -3.96. The molecule has 0 heterocycles. The molecular formula is C26H26N2O9S2. The Kier molecular flexibility index (Phi) is 10.8. The lowest BCUT2D eigenvalue weighted by Gasteiger charge is -2.23. The van der Waals surface area contributed by atoms with Crippen LogP contribution in [-0.4, -0.2) is 49.7 Å². The number of benzene rings is 3. The number of thioether (sulfide) groups is 1. The Morgan fingerprint density at radius 1 is 0.949 bits per heavy atom. The molecular weight excluding hydrogens is 548 g/mol. The van der Waals surface area contributed by atoms with Crippen LogP contribution in [0.2, 0.25) is 0 Å². The van der Waals surface area contributed by atoms with Gasteiger partial charge in [0, 0.05) is 23.4 Å². The van der Waals surface area contributed by atoms with Gasteiger partial charge in [-0.2, -0.15) is 8.42 Å². The van der Waals surface area contributed by atoms with Crippen molar-refractivity contribution in [3.63, 3.8) is 0 Å². The van der Waals surface area contributed by atoms with Crippen molar-refractivity contribution in [2.24, 2.45) is 0 Å². The summed E-state index contributed by atoms with van der Waals surface area (Å²) < 4.78 is 39.6. The Bertz CT molecular complexity index is 1350. The summed E-state index contributed by atoms with van der Waals surface area (Å²) in [7, 11) is -3.96. The first kappa shape index (κ1) is 29.6. The minimum absolute atomic E-state index is 0.0332. The van der Waals surface area contributed by atoms with E-state index in [9.17, 15) is 28.1 Å². The summed E-state index contributed by atoms with van der Waals surface area (Å²) in [6, 6.07) is 22.9. The largest absolute Gasteiger partial charge is 0.459 e. The van der Waals surface area contributed by atoms with E-state index in [2.05, 4.69) is 5.32 Å². The normalized spacial score (nSPS) is 12.6. The molecule has 3 aromatic rings. The van der Waals surface area contributed by atoms with E-state index < -0.39 is 45.2 Å². The van der Waals surface area contributed by atoms with Crippen molar-refractivity contribution in [1.29, 1.82) is 0 Å². The molecule has 3 aromatic carbocycles. The summed E-state index contributed by atoms with van der Waals surface area (Å²) in [5.41, 5.74) is 0.628. The van der Waals surface area contributed by atoms with Crippen LogP contribution >= 0.6 is 11.8 Å². The fourth-order valence-electron chi connectivity index (χ4n) is 3.29. The van der Waals surface area contributed by atoms with Gasteiger partial charge >= 0.3 is 12.1 Å². The van der Waals surface area contributed by atoms with E-state index in [4.69, 9.17) is 13.7 Å². The van der Waals surface area contributed by atoms with E-state index in [0.717, 1.165) is 28.8 Å². The zero-order valence-corrected chi connectivity index (χ0v) is 22.4. The van der Waals surface area contributed by atoms with Gasteiger partial charge in [-0.1, -0.05) is 48.5 Å². The zero-order chi connectivity index (χ0) is 28.3. The molecule has 2 atom stereocenters. The highest BCUT2D eigenvalue weighted by atomic mass is 32.2. The van der Waals surface area contributed by atoms with Gasteiger partial charge in [-0.15, -0.1) is 11.8 Å². The molecule has 2 unspecified atom stereocenters. The van der Waals surface area contributed by atoms with Gasteiger partial charge in [0.1, 0.15) is 19.3 Å². The SMILES string of the molecule is CS(=O)(=O)OC(COC(=O)c1ccc([N+](=O)[O-])cc1)CC(NC(=O)OCc1ccccc1)Sc1ccccc1. The van der Waals surface area contributed by atoms with Crippen molar-refractivity contribution in [2.45, 2.75) is 29.4 Å². The number of hydrogen-bond donors (Lipinski definition) is 1. The minimum Gasteiger partial charge on any atom is -0.459 e. The smallest absolute Gasteiger partial charge is 0.408 e. The number of rotatable bonds is 13. The first-order valence-corrected chi connectivity index (χ1v) is 14.3. The van der Waals surface area contributed by atoms with E-state index in [1.807, 2.05) is 48.5 Å². The van der Waals surface area contributed by atoms with Crippen LogP contribution in [0.4, 0.5) is 10.5 Å². The molecule has 0 saturated heterocycles. The fourth-order valence-corrected chi connectivity index (χ4v) is 5.03. The number of nitrogens with zero attached hydrogens (tertiary/aromatic N) is 1. The van der Waals surface area contributed by atoms with Gasteiger partial charge in [0.2, 0.25) is 0 Å². The molecule has 0 aliphatic rings. The van der Waals surface area contributed by atoms with E-state index in [0.29, 0.717) is 0 Å². The molecule has 1 N–H and O–H groups in total. The van der Waals surface area contributed by atoms with Gasteiger partial charge in [-0.3, -0.25) is 14.3 Å². The molecule has 39 heavy (non-hydrogen) atoms. The Labute approximate surface area is 229 Å². The van der Waals surface area contributed by atoms with Gasteiger partial charge in [-0.25, -0.2) is 9.59 Å². The monoisotopic (exact) mass is 574 g/mol. The number of nitro benzene ring substituents is 1. The number of esters is 1. The van der Waals surface area contributed by atoms with Gasteiger partial charge in [0.25, 0.3) is 15.8 Å². The number of nitro groups is 1. The molecule has 0 saturated carbocycles. The molecule has 13 heteroatoms. The third-order valence-corrected chi connectivity index (χ3v) is 6.78. The highest BCUT2D eigenvalue weighted by Gasteiger charge is 2.26.